The second kappa shape index (κ2) is 18.0. The van der Waals surface area contributed by atoms with Crippen molar-refractivity contribution in [3.8, 4) is 34.4 Å². The van der Waals surface area contributed by atoms with Gasteiger partial charge in [0.05, 0.1) is 21.7 Å². The summed E-state index contributed by atoms with van der Waals surface area (Å²) in [5, 5.41) is 23.2. The van der Waals surface area contributed by atoms with Crippen LogP contribution < -0.4 is 25.3 Å². The number of aliphatic carboxylic acids is 1. The van der Waals surface area contributed by atoms with Crippen molar-refractivity contribution in [1.29, 1.82) is 5.26 Å². The fourth-order valence-corrected chi connectivity index (χ4v) is 8.47. The van der Waals surface area contributed by atoms with Crippen LogP contribution >= 0.6 is 35.1 Å². The molecule has 6 aromatic carbocycles. The Labute approximate surface area is 361 Å². The molecule has 0 aromatic heterocycles. The lowest BCUT2D eigenvalue weighted by Crippen LogP contribution is -2.52. The van der Waals surface area contributed by atoms with Gasteiger partial charge in [0.25, 0.3) is 0 Å². The van der Waals surface area contributed by atoms with E-state index in [2.05, 4.69) is 11.4 Å². The minimum Gasteiger partial charge on any atom is -0.489 e. The maximum absolute atomic E-state index is 14.2. The lowest BCUT2D eigenvalue weighted by atomic mass is 9.94. The summed E-state index contributed by atoms with van der Waals surface area (Å²) < 4.78 is 20.7. The summed E-state index contributed by atoms with van der Waals surface area (Å²) in [5.41, 5.74) is 13.5. The van der Waals surface area contributed by atoms with Crippen molar-refractivity contribution < 1.29 is 28.9 Å². The minimum atomic E-state index is -1.16. The highest BCUT2D eigenvalue weighted by atomic mass is 35.5. The second-order valence-electron chi connectivity index (χ2n) is 14.5. The summed E-state index contributed by atoms with van der Waals surface area (Å²) in [4.78, 5) is 27.6. The van der Waals surface area contributed by atoms with E-state index < -0.39 is 24.0 Å². The van der Waals surface area contributed by atoms with Gasteiger partial charge in [0.2, 0.25) is 5.91 Å². The Balaban J connectivity index is 0.964. The molecule has 60 heavy (non-hydrogen) atoms. The summed E-state index contributed by atoms with van der Waals surface area (Å²) in [6.45, 7) is 1.00. The molecule has 1 amide bonds. The predicted molar refractivity (Wildman–Crippen MR) is 232 cm³/mol. The zero-order chi connectivity index (χ0) is 41.8. The van der Waals surface area contributed by atoms with Crippen molar-refractivity contribution in [3.63, 3.8) is 0 Å². The van der Waals surface area contributed by atoms with E-state index in [1.807, 2.05) is 95.3 Å². The molecule has 10 nitrogen and oxygen atoms in total. The molecular formula is C47H38Cl2N4O6S. The highest BCUT2D eigenvalue weighted by Crippen LogP contribution is 2.42. The average molecular weight is 858 g/mol. The molecule has 0 saturated heterocycles. The van der Waals surface area contributed by atoms with E-state index >= 15 is 0 Å². The summed E-state index contributed by atoms with van der Waals surface area (Å²) in [7, 11) is 0. The van der Waals surface area contributed by atoms with Gasteiger partial charge in [-0.25, -0.2) is 9.10 Å². The lowest BCUT2D eigenvalue weighted by molar-refractivity contribution is -0.142. The fourth-order valence-electron chi connectivity index (χ4n) is 7.12. The van der Waals surface area contributed by atoms with Crippen molar-refractivity contribution in [3.05, 3.63) is 171 Å². The second-order valence-corrected chi connectivity index (χ2v) is 16.5. The Kier molecular flexibility index (Phi) is 12.2. The molecule has 0 spiro atoms. The number of fused-ring (bicyclic) bond motifs is 2. The first-order valence-electron chi connectivity index (χ1n) is 19.1. The third kappa shape index (κ3) is 9.49. The smallest absolute Gasteiger partial charge is 0.326 e. The third-order valence-electron chi connectivity index (χ3n) is 10.4. The van der Waals surface area contributed by atoms with Crippen LogP contribution in [-0.4, -0.2) is 40.0 Å². The summed E-state index contributed by atoms with van der Waals surface area (Å²) in [6, 6.07) is 39.4. The number of nitrogens with one attached hydrogen (secondary N) is 1. The number of ether oxygens (including phenoxy) is 3. The van der Waals surface area contributed by atoms with Crippen LogP contribution in [0.4, 0.5) is 5.69 Å². The maximum atomic E-state index is 14.2. The van der Waals surface area contributed by atoms with E-state index in [1.165, 1.54) is 11.9 Å². The number of hydrogen-bond donors (Lipinski definition) is 3. The Morgan fingerprint density at radius 2 is 1.55 bits per heavy atom. The molecule has 2 aliphatic heterocycles. The van der Waals surface area contributed by atoms with Crippen molar-refractivity contribution in [2.45, 2.75) is 49.1 Å². The molecule has 6 aromatic rings. The third-order valence-corrected chi connectivity index (χ3v) is 12.3. The van der Waals surface area contributed by atoms with E-state index in [4.69, 9.17) is 48.4 Å². The first-order chi connectivity index (χ1) is 29.1. The molecule has 2 aliphatic rings. The van der Waals surface area contributed by atoms with Gasteiger partial charge in [-0.15, -0.1) is 0 Å². The van der Waals surface area contributed by atoms with E-state index in [0.29, 0.717) is 58.1 Å². The van der Waals surface area contributed by atoms with E-state index in [1.54, 1.807) is 36.4 Å². The summed E-state index contributed by atoms with van der Waals surface area (Å²) in [5.74, 6) is 0.343. The monoisotopic (exact) mass is 856 g/mol. The number of amides is 1. The number of nitrogen functional groups attached to an aromatic ring is 1. The highest BCUT2D eigenvalue weighted by Gasteiger charge is 2.36. The van der Waals surface area contributed by atoms with Gasteiger partial charge in [0, 0.05) is 23.5 Å². The molecule has 0 saturated carbocycles. The molecule has 0 bridgehead atoms. The number of halogens is 2. The van der Waals surface area contributed by atoms with Crippen LogP contribution in [0.2, 0.25) is 10.0 Å². The Hall–Kier alpha value is -6.16. The van der Waals surface area contributed by atoms with Gasteiger partial charge in [-0.05, 0) is 130 Å². The van der Waals surface area contributed by atoms with Crippen molar-refractivity contribution in [2.24, 2.45) is 0 Å². The molecule has 1 unspecified atom stereocenters. The van der Waals surface area contributed by atoms with Gasteiger partial charge in [-0.1, -0.05) is 77.8 Å². The Bertz CT molecular complexity index is 2570. The minimum absolute atomic E-state index is 0.0947. The molecule has 302 valence electrons. The number of nitrogens with zero attached hydrogens (tertiary/aromatic N) is 2. The van der Waals surface area contributed by atoms with Crippen molar-refractivity contribution in [1.82, 2.24) is 9.62 Å². The number of carbonyl (C=O) groups excluding carboxylic acids is 1. The van der Waals surface area contributed by atoms with Crippen LogP contribution in [0.5, 0.6) is 17.2 Å². The van der Waals surface area contributed by atoms with E-state index in [0.717, 1.165) is 43.8 Å². The van der Waals surface area contributed by atoms with Crippen LogP contribution in [0, 0.1) is 11.3 Å². The predicted octanol–water partition coefficient (Wildman–Crippen LogP) is 9.45. The first-order valence-corrected chi connectivity index (χ1v) is 20.7. The standard InChI is InChI=1S/C47H38Cl2N4O6S/c48-39-18-5-30(19-40(39)49)26-57-37-14-10-33(11-15-37)45-27-58-43-22-34-21-42(53(25-35(34)23-44(43)59-45)60-38-16-12-36(51)13-17-38)46(54)52-41(47(55)56)20-28-1-6-31(7-2-28)32-8-3-29(24-50)4-9-32/h1-19,22-23,41-42,45H,20-21,25-27,51H2,(H,52,54)(H,55,56)/t41-,42-,45?/m0/s1. The number of rotatable bonds is 12. The van der Waals surface area contributed by atoms with Crippen LogP contribution in [0.1, 0.15) is 39.5 Å². The molecule has 0 fully saturated rings. The SMILES string of the molecule is N#Cc1ccc(-c2ccc(C[C@H](NC(=O)[C@@H]3Cc4cc5c(cc4CN3Sc3ccc(N)cc3)OC(c3ccc(OCc4ccc(Cl)c(Cl)c4)cc3)CO5)C(=O)O)cc2)cc1. The van der Waals surface area contributed by atoms with Gasteiger partial charge in [-0.2, -0.15) is 5.26 Å². The lowest BCUT2D eigenvalue weighted by Gasteiger charge is -2.36. The molecule has 2 heterocycles. The summed E-state index contributed by atoms with van der Waals surface area (Å²) >= 11 is 13.6. The number of nitrogens with two attached hydrogens (primary N) is 1. The van der Waals surface area contributed by atoms with Gasteiger partial charge < -0.3 is 30.4 Å². The molecule has 0 aliphatic carbocycles. The van der Waals surface area contributed by atoms with Gasteiger partial charge in [-0.3, -0.25) is 4.79 Å². The Morgan fingerprint density at radius 3 is 2.23 bits per heavy atom. The van der Waals surface area contributed by atoms with Crippen molar-refractivity contribution >= 4 is 52.7 Å². The molecular weight excluding hydrogens is 820 g/mol. The van der Waals surface area contributed by atoms with E-state index in [-0.39, 0.29) is 19.1 Å². The zero-order valence-corrected chi connectivity index (χ0v) is 34.3. The number of benzene rings is 6. The number of anilines is 1. The molecule has 13 heteroatoms. The van der Waals surface area contributed by atoms with Gasteiger partial charge in [0.15, 0.2) is 17.6 Å². The number of hydrogen-bond acceptors (Lipinski definition) is 9. The molecule has 4 N–H and O–H groups in total. The number of carboxylic acids is 1. The molecule has 8 rings (SSSR count). The molecule has 3 atom stereocenters. The summed E-state index contributed by atoms with van der Waals surface area (Å²) in [6.07, 6.45) is 0.0536. The van der Waals surface area contributed by atoms with Crippen LogP contribution in [-0.2, 0) is 35.6 Å². The zero-order valence-electron chi connectivity index (χ0n) is 32.0. The highest BCUT2D eigenvalue weighted by molar-refractivity contribution is 7.97. The van der Waals surface area contributed by atoms with Gasteiger partial charge in [0.1, 0.15) is 31.0 Å². The van der Waals surface area contributed by atoms with Crippen LogP contribution in [0.3, 0.4) is 0 Å². The first kappa shape index (κ1) is 40.6. The topological polar surface area (TPSA) is 147 Å². The van der Waals surface area contributed by atoms with Crippen LogP contribution in [0.15, 0.2) is 132 Å². The van der Waals surface area contributed by atoms with Crippen molar-refractivity contribution in [2.75, 3.05) is 12.3 Å². The largest absolute Gasteiger partial charge is 0.489 e. The Morgan fingerprint density at radius 1 is 0.867 bits per heavy atom. The van der Waals surface area contributed by atoms with E-state index in [9.17, 15) is 14.7 Å². The number of carbonyl (C=O) groups is 2. The molecule has 0 radical (unpaired) electrons. The number of nitriles is 1. The number of carboxylic acid groups (broad SMARTS) is 1. The average Bonchev–Trinajstić information content (AvgIpc) is 3.26. The van der Waals surface area contributed by atoms with Crippen LogP contribution in [0.25, 0.3) is 11.1 Å². The quantitative estimate of drug-likeness (QED) is 0.0804. The van der Waals surface area contributed by atoms with Gasteiger partial charge >= 0.3 is 5.97 Å². The fraction of sp³-hybridized carbons (Fsp3) is 0.170. The maximum Gasteiger partial charge on any atom is 0.326 e. The normalized spacial score (nSPS) is 16.2.